The molecule has 1 aliphatic carbocycles. The molecule has 1 aliphatic rings. The minimum atomic E-state index is 0.0502. The van der Waals surface area contributed by atoms with Crippen molar-refractivity contribution in [3.05, 3.63) is 39.5 Å². The van der Waals surface area contributed by atoms with Gasteiger partial charge in [-0.2, -0.15) is 0 Å². The molecule has 2 heterocycles. The summed E-state index contributed by atoms with van der Waals surface area (Å²) in [6.45, 7) is 0. The first-order chi connectivity index (χ1) is 9.83. The lowest BCUT2D eigenvalue weighted by atomic mass is 9.98. The Hall–Kier alpha value is -1.46. The normalized spacial score (nSPS) is 15.7. The Balaban J connectivity index is 1.99. The standard InChI is InChI=1S/C15H19N3OS/c1-16-13(14-15(19-2)18-8-7-17-14)12-9-10-5-3-4-6-11(10)20-12/h7-9,13,16H,3-6H2,1-2H3. The number of rotatable bonds is 4. The van der Waals surface area contributed by atoms with E-state index in [0.29, 0.717) is 5.88 Å². The Labute approximate surface area is 123 Å². The number of hydrogen-bond donors (Lipinski definition) is 1. The molecule has 2 aromatic heterocycles. The van der Waals surface area contributed by atoms with Gasteiger partial charge in [0.05, 0.1) is 13.2 Å². The highest BCUT2D eigenvalue weighted by molar-refractivity contribution is 7.12. The molecule has 0 aromatic carbocycles. The van der Waals surface area contributed by atoms with Crippen LogP contribution in [0.15, 0.2) is 18.5 Å². The lowest BCUT2D eigenvalue weighted by molar-refractivity contribution is 0.384. The summed E-state index contributed by atoms with van der Waals surface area (Å²) in [4.78, 5) is 11.6. The van der Waals surface area contributed by atoms with Crippen molar-refractivity contribution in [1.82, 2.24) is 15.3 Å². The molecule has 0 amide bonds. The van der Waals surface area contributed by atoms with Crippen molar-refractivity contribution in [2.75, 3.05) is 14.2 Å². The Bertz CT molecular complexity index is 573. The number of aromatic nitrogens is 2. The molecule has 20 heavy (non-hydrogen) atoms. The second-order valence-corrected chi connectivity index (χ2v) is 6.15. The smallest absolute Gasteiger partial charge is 0.237 e. The van der Waals surface area contributed by atoms with Gasteiger partial charge < -0.3 is 10.1 Å². The molecule has 1 atom stereocenters. The zero-order valence-electron chi connectivity index (χ0n) is 11.8. The van der Waals surface area contributed by atoms with E-state index < -0.39 is 0 Å². The zero-order chi connectivity index (χ0) is 13.9. The number of nitrogens with one attached hydrogen (secondary N) is 1. The summed E-state index contributed by atoms with van der Waals surface area (Å²) < 4.78 is 5.34. The number of thiophene rings is 1. The van der Waals surface area contributed by atoms with Crippen LogP contribution >= 0.6 is 11.3 Å². The molecular formula is C15H19N3OS. The van der Waals surface area contributed by atoms with Crippen molar-refractivity contribution >= 4 is 11.3 Å². The van der Waals surface area contributed by atoms with E-state index in [2.05, 4.69) is 21.4 Å². The molecule has 3 rings (SSSR count). The van der Waals surface area contributed by atoms with Crippen LogP contribution in [-0.4, -0.2) is 24.1 Å². The molecule has 0 fully saturated rings. The molecule has 4 nitrogen and oxygen atoms in total. The third-order valence-corrected chi connectivity index (χ3v) is 5.05. The highest BCUT2D eigenvalue weighted by atomic mass is 32.1. The molecule has 1 unspecified atom stereocenters. The summed E-state index contributed by atoms with van der Waals surface area (Å²) >= 11 is 1.90. The van der Waals surface area contributed by atoms with E-state index in [1.165, 1.54) is 41.0 Å². The van der Waals surface area contributed by atoms with Crippen LogP contribution in [0.4, 0.5) is 0 Å². The number of nitrogens with zero attached hydrogens (tertiary/aromatic N) is 2. The predicted octanol–water partition coefficient (Wildman–Crippen LogP) is 2.73. The summed E-state index contributed by atoms with van der Waals surface area (Å²) in [5.74, 6) is 0.596. The Morgan fingerprint density at radius 1 is 1.25 bits per heavy atom. The average molecular weight is 289 g/mol. The van der Waals surface area contributed by atoms with Crippen molar-refractivity contribution in [2.45, 2.75) is 31.7 Å². The number of ether oxygens (including phenoxy) is 1. The van der Waals surface area contributed by atoms with Crippen molar-refractivity contribution < 1.29 is 4.74 Å². The molecule has 1 N–H and O–H groups in total. The highest BCUT2D eigenvalue weighted by Crippen LogP contribution is 2.36. The minimum absolute atomic E-state index is 0.0502. The van der Waals surface area contributed by atoms with E-state index in [1.54, 1.807) is 19.5 Å². The molecule has 0 radical (unpaired) electrons. The quantitative estimate of drug-likeness (QED) is 0.940. The fraction of sp³-hybridized carbons (Fsp3) is 0.467. The molecule has 0 aliphatic heterocycles. The van der Waals surface area contributed by atoms with Gasteiger partial charge in [0.2, 0.25) is 5.88 Å². The third kappa shape index (κ3) is 2.43. The van der Waals surface area contributed by atoms with Crippen LogP contribution in [0.1, 0.15) is 39.9 Å². The van der Waals surface area contributed by atoms with Gasteiger partial charge in [-0.1, -0.05) is 0 Å². The monoisotopic (exact) mass is 289 g/mol. The van der Waals surface area contributed by atoms with Crippen LogP contribution in [0.25, 0.3) is 0 Å². The Kier molecular flexibility index (Phi) is 3.98. The van der Waals surface area contributed by atoms with E-state index in [-0.39, 0.29) is 6.04 Å². The van der Waals surface area contributed by atoms with E-state index >= 15 is 0 Å². The summed E-state index contributed by atoms with van der Waals surface area (Å²) in [5, 5.41) is 3.35. The van der Waals surface area contributed by atoms with Gasteiger partial charge in [0.15, 0.2) is 0 Å². The first-order valence-electron chi connectivity index (χ1n) is 6.97. The third-order valence-electron chi connectivity index (χ3n) is 3.75. The summed E-state index contributed by atoms with van der Waals surface area (Å²) in [5.41, 5.74) is 2.37. The van der Waals surface area contributed by atoms with E-state index in [4.69, 9.17) is 4.74 Å². The first-order valence-corrected chi connectivity index (χ1v) is 7.78. The highest BCUT2D eigenvalue weighted by Gasteiger charge is 2.23. The van der Waals surface area contributed by atoms with Crippen LogP contribution in [0.3, 0.4) is 0 Å². The molecular weight excluding hydrogens is 270 g/mol. The fourth-order valence-electron chi connectivity index (χ4n) is 2.76. The van der Waals surface area contributed by atoms with Gasteiger partial charge in [-0.15, -0.1) is 11.3 Å². The van der Waals surface area contributed by atoms with E-state index in [1.807, 2.05) is 18.4 Å². The van der Waals surface area contributed by atoms with Gasteiger partial charge in [-0.3, -0.25) is 4.98 Å². The first kappa shape index (κ1) is 13.5. The van der Waals surface area contributed by atoms with E-state index in [0.717, 1.165) is 5.69 Å². The van der Waals surface area contributed by atoms with Crippen molar-refractivity contribution in [1.29, 1.82) is 0 Å². The largest absolute Gasteiger partial charge is 0.480 e. The Morgan fingerprint density at radius 3 is 2.80 bits per heavy atom. The van der Waals surface area contributed by atoms with Gasteiger partial charge in [0.25, 0.3) is 0 Å². The summed E-state index contributed by atoms with van der Waals surface area (Å²) in [6.07, 6.45) is 8.42. The minimum Gasteiger partial charge on any atom is -0.480 e. The maximum absolute atomic E-state index is 5.34. The molecule has 0 bridgehead atoms. The van der Waals surface area contributed by atoms with Crippen LogP contribution in [-0.2, 0) is 12.8 Å². The van der Waals surface area contributed by atoms with Gasteiger partial charge in [-0.05, 0) is 44.4 Å². The SMILES string of the molecule is CNC(c1cc2c(s1)CCCC2)c1nccnc1OC. The second-order valence-electron chi connectivity index (χ2n) is 4.98. The van der Waals surface area contributed by atoms with E-state index in [9.17, 15) is 0 Å². The van der Waals surface area contributed by atoms with Gasteiger partial charge in [-0.25, -0.2) is 4.98 Å². The van der Waals surface area contributed by atoms with Crippen LogP contribution in [0.5, 0.6) is 5.88 Å². The lowest BCUT2D eigenvalue weighted by Crippen LogP contribution is -2.19. The van der Waals surface area contributed by atoms with Gasteiger partial charge >= 0.3 is 0 Å². The van der Waals surface area contributed by atoms with Crippen molar-refractivity contribution in [3.63, 3.8) is 0 Å². The van der Waals surface area contributed by atoms with Crippen molar-refractivity contribution in [2.24, 2.45) is 0 Å². The second kappa shape index (κ2) is 5.89. The van der Waals surface area contributed by atoms with Crippen LogP contribution < -0.4 is 10.1 Å². The number of fused-ring (bicyclic) bond motifs is 1. The fourth-order valence-corrected chi connectivity index (χ4v) is 4.13. The molecule has 5 heteroatoms. The number of hydrogen-bond acceptors (Lipinski definition) is 5. The van der Waals surface area contributed by atoms with Gasteiger partial charge in [0.1, 0.15) is 5.69 Å². The maximum Gasteiger partial charge on any atom is 0.237 e. The van der Waals surface area contributed by atoms with Crippen LogP contribution in [0.2, 0.25) is 0 Å². The number of methoxy groups -OCH3 is 1. The number of aryl methyl sites for hydroxylation is 2. The molecule has 2 aromatic rings. The predicted molar refractivity (Wildman–Crippen MR) is 80.4 cm³/mol. The average Bonchev–Trinajstić information content (AvgIpc) is 2.92. The zero-order valence-corrected chi connectivity index (χ0v) is 12.7. The van der Waals surface area contributed by atoms with Gasteiger partial charge in [0, 0.05) is 22.1 Å². The Morgan fingerprint density at radius 2 is 2.05 bits per heavy atom. The maximum atomic E-state index is 5.34. The topological polar surface area (TPSA) is 47.0 Å². The summed E-state index contributed by atoms with van der Waals surface area (Å²) in [6, 6.07) is 2.38. The molecule has 0 saturated carbocycles. The van der Waals surface area contributed by atoms with Crippen LogP contribution in [0, 0.1) is 0 Å². The summed E-state index contributed by atoms with van der Waals surface area (Å²) in [7, 11) is 3.59. The molecule has 0 saturated heterocycles. The molecule has 106 valence electrons. The molecule has 0 spiro atoms. The lowest BCUT2D eigenvalue weighted by Gasteiger charge is -2.15. The van der Waals surface area contributed by atoms with Crippen molar-refractivity contribution in [3.8, 4) is 5.88 Å².